The molecule has 0 radical (unpaired) electrons. The Morgan fingerprint density at radius 1 is 1.65 bits per heavy atom. The Kier molecular flexibility index (Phi) is 5.11. The number of carbonyl (C=O) groups is 1. The lowest BCUT2D eigenvalue weighted by Crippen LogP contribution is -2.31. The fourth-order valence-corrected chi connectivity index (χ4v) is 1.58. The maximum absolute atomic E-state index is 11.2. The molecule has 0 aliphatic heterocycles. The Morgan fingerprint density at radius 2 is 2.35 bits per heavy atom. The maximum atomic E-state index is 11.2. The van der Waals surface area contributed by atoms with Crippen LogP contribution in [-0.2, 0) is 6.54 Å². The summed E-state index contributed by atoms with van der Waals surface area (Å²) in [5.74, 6) is 5.25. The summed E-state index contributed by atoms with van der Waals surface area (Å²) in [6.45, 7) is 8.01. The van der Waals surface area contributed by atoms with Crippen LogP contribution >= 0.6 is 0 Å². The van der Waals surface area contributed by atoms with Gasteiger partial charge in [0.2, 0.25) is 0 Å². The zero-order valence-corrected chi connectivity index (χ0v) is 10.6. The van der Waals surface area contributed by atoms with Crippen molar-refractivity contribution < 1.29 is 9.32 Å². The SMILES string of the molecule is CCCN(Cc1cc(C(=O)NN)no1)C(C)C. The monoisotopic (exact) mass is 240 g/mol. The number of hydrogen-bond donors (Lipinski definition) is 2. The Morgan fingerprint density at radius 3 is 2.88 bits per heavy atom. The van der Waals surface area contributed by atoms with Gasteiger partial charge in [-0.05, 0) is 26.8 Å². The van der Waals surface area contributed by atoms with Gasteiger partial charge in [0.25, 0.3) is 5.91 Å². The summed E-state index contributed by atoms with van der Waals surface area (Å²) in [6.07, 6.45) is 1.07. The van der Waals surface area contributed by atoms with Crippen LogP contribution in [-0.4, -0.2) is 28.6 Å². The lowest BCUT2D eigenvalue weighted by Gasteiger charge is -2.24. The maximum Gasteiger partial charge on any atom is 0.287 e. The third-order valence-corrected chi connectivity index (χ3v) is 2.52. The lowest BCUT2D eigenvalue weighted by atomic mass is 10.2. The smallest absolute Gasteiger partial charge is 0.287 e. The van der Waals surface area contributed by atoms with E-state index in [0.29, 0.717) is 18.3 Å². The molecular weight excluding hydrogens is 220 g/mol. The molecule has 0 aliphatic rings. The van der Waals surface area contributed by atoms with Crippen LogP contribution in [0.2, 0.25) is 0 Å². The number of nitrogens with one attached hydrogen (secondary N) is 1. The Hall–Kier alpha value is -1.40. The van der Waals surface area contributed by atoms with Gasteiger partial charge in [0, 0.05) is 12.1 Å². The lowest BCUT2D eigenvalue weighted by molar-refractivity contribution is 0.0944. The topological polar surface area (TPSA) is 84.4 Å². The van der Waals surface area contributed by atoms with Crippen molar-refractivity contribution >= 4 is 5.91 Å². The number of hydrazine groups is 1. The van der Waals surface area contributed by atoms with E-state index in [1.165, 1.54) is 0 Å². The molecule has 96 valence electrons. The van der Waals surface area contributed by atoms with Crippen LogP contribution in [0.3, 0.4) is 0 Å². The molecule has 1 aromatic heterocycles. The van der Waals surface area contributed by atoms with Crippen molar-refractivity contribution in [3.8, 4) is 0 Å². The first-order valence-electron chi connectivity index (χ1n) is 5.79. The molecule has 3 N–H and O–H groups in total. The number of nitrogens with zero attached hydrogens (tertiary/aromatic N) is 2. The minimum absolute atomic E-state index is 0.211. The molecule has 0 unspecified atom stereocenters. The fraction of sp³-hybridized carbons (Fsp3) is 0.636. The molecule has 6 nitrogen and oxygen atoms in total. The molecular formula is C11H20N4O2. The highest BCUT2D eigenvalue weighted by atomic mass is 16.5. The average Bonchev–Trinajstić information content (AvgIpc) is 2.76. The molecule has 0 aliphatic carbocycles. The largest absolute Gasteiger partial charge is 0.359 e. The van der Waals surface area contributed by atoms with Crippen molar-refractivity contribution in [3.05, 3.63) is 17.5 Å². The van der Waals surface area contributed by atoms with E-state index in [2.05, 4.69) is 30.8 Å². The quantitative estimate of drug-likeness (QED) is 0.438. The van der Waals surface area contributed by atoms with E-state index in [1.54, 1.807) is 6.07 Å². The Labute approximate surface area is 101 Å². The molecule has 1 heterocycles. The van der Waals surface area contributed by atoms with Gasteiger partial charge < -0.3 is 4.52 Å². The van der Waals surface area contributed by atoms with Gasteiger partial charge in [0.05, 0.1) is 6.54 Å². The van der Waals surface area contributed by atoms with E-state index in [-0.39, 0.29) is 5.69 Å². The number of carbonyl (C=O) groups excluding carboxylic acids is 1. The minimum atomic E-state index is -0.438. The molecule has 1 amide bonds. The molecule has 0 bridgehead atoms. The van der Waals surface area contributed by atoms with E-state index < -0.39 is 5.91 Å². The number of amides is 1. The molecule has 6 heteroatoms. The number of hydrogen-bond acceptors (Lipinski definition) is 5. The van der Waals surface area contributed by atoms with E-state index in [1.807, 2.05) is 5.43 Å². The molecule has 1 rings (SSSR count). The zero-order chi connectivity index (χ0) is 12.8. The first-order valence-corrected chi connectivity index (χ1v) is 5.79. The van der Waals surface area contributed by atoms with Gasteiger partial charge in [-0.25, -0.2) is 5.84 Å². The van der Waals surface area contributed by atoms with Gasteiger partial charge in [-0.2, -0.15) is 0 Å². The van der Waals surface area contributed by atoms with Crippen LogP contribution in [0.25, 0.3) is 0 Å². The average molecular weight is 240 g/mol. The van der Waals surface area contributed by atoms with Crippen molar-refractivity contribution in [2.45, 2.75) is 39.8 Å². The summed E-state index contributed by atoms with van der Waals surface area (Å²) >= 11 is 0. The van der Waals surface area contributed by atoms with Gasteiger partial charge >= 0.3 is 0 Å². The number of rotatable bonds is 6. The van der Waals surface area contributed by atoms with E-state index in [4.69, 9.17) is 10.4 Å². The van der Waals surface area contributed by atoms with Crippen LogP contribution < -0.4 is 11.3 Å². The molecule has 0 atom stereocenters. The molecule has 0 fully saturated rings. The van der Waals surface area contributed by atoms with Gasteiger partial charge in [-0.15, -0.1) is 0 Å². The number of nitrogen functional groups attached to an aromatic ring is 1. The Balaban J connectivity index is 2.66. The fourth-order valence-electron chi connectivity index (χ4n) is 1.58. The predicted molar refractivity (Wildman–Crippen MR) is 64.0 cm³/mol. The highest BCUT2D eigenvalue weighted by molar-refractivity contribution is 5.91. The highest BCUT2D eigenvalue weighted by Gasteiger charge is 2.15. The molecule has 0 saturated carbocycles. The van der Waals surface area contributed by atoms with Crippen molar-refractivity contribution in [1.29, 1.82) is 0 Å². The normalized spacial score (nSPS) is 11.2. The van der Waals surface area contributed by atoms with Gasteiger partial charge in [-0.3, -0.25) is 15.1 Å². The van der Waals surface area contributed by atoms with Crippen LogP contribution in [0.15, 0.2) is 10.6 Å². The molecule has 0 spiro atoms. The molecule has 0 aromatic carbocycles. The zero-order valence-electron chi connectivity index (χ0n) is 10.6. The summed E-state index contributed by atoms with van der Waals surface area (Å²) < 4.78 is 5.11. The predicted octanol–water partition coefficient (Wildman–Crippen LogP) is 0.898. The molecule has 0 saturated heterocycles. The molecule has 1 aromatic rings. The summed E-state index contributed by atoms with van der Waals surface area (Å²) in [7, 11) is 0. The van der Waals surface area contributed by atoms with Crippen LogP contribution in [0.1, 0.15) is 43.4 Å². The van der Waals surface area contributed by atoms with E-state index in [0.717, 1.165) is 13.0 Å². The summed E-state index contributed by atoms with van der Waals surface area (Å²) in [6, 6.07) is 2.04. The van der Waals surface area contributed by atoms with Crippen LogP contribution in [0.5, 0.6) is 0 Å². The van der Waals surface area contributed by atoms with Gasteiger partial charge in [-0.1, -0.05) is 12.1 Å². The highest BCUT2D eigenvalue weighted by Crippen LogP contribution is 2.10. The summed E-state index contributed by atoms with van der Waals surface area (Å²) in [5.41, 5.74) is 2.23. The van der Waals surface area contributed by atoms with Crippen molar-refractivity contribution in [2.24, 2.45) is 5.84 Å². The Bertz CT molecular complexity index is 362. The van der Waals surface area contributed by atoms with Crippen molar-refractivity contribution in [1.82, 2.24) is 15.5 Å². The standard InChI is InChI=1S/C11H20N4O2/c1-4-5-15(8(2)3)7-9-6-10(14-17-9)11(16)13-12/h6,8H,4-5,7,12H2,1-3H3,(H,13,16). The van der Waals surface area contributed by atoms with Crippen molar-refractivity contribution in [2.75, 3.05) is 6.54 Å². The second kappa shape index (κ2) is 6.36. The second-order valence-electron chi connectivity index (χ2n) is 4.22. The van der Waals surface area contributed by atoms with E-state index >= 15 is 0 Å². The summed E-state index contributed by atoms with van der Waals surface area (Å²) in [4.78, 5) is 13.5. The van der Waals surface area contributed by atoms with Crippen LogP contribution in [0, 0.1) is 0 Å². The number of nitrogens with two attached hydrogens (primary N) is 1. The third kappa shape index (κ3) is 3.83. The molecule has 17 heavy (non-hydrogen) atoms. The first kappa shape index (κ1) is 13.7. The minimum Gasteiger partial charge on any atom is -0.359 e. The number of aromatic nitrogens is 1. The van der Waals surface area contributed by atoms with Gasteiger partial charge in [0.1, 0.15) is 0 Å². The van der Waals surface area contributed by atoms with Crippen molar-refractivity contribution in [3.63, 3.8) is 0 Å². The second-order valence-corrected chi connectivity index (χ2v) is 4.22. The van der Waals surface area contributed by atoms with Crippen LogP contribution in [0.4, 0.5) is 0 Å². The van der Waals surface area contributed by atoms with E-state index in [9.17, 15) is 4.79 Å². The summed E-state index contributed by atoms with van der Waals surface area (Å²) in [5, 5.41) is 3.67. The van der Waals surface area contributed by atoms with Gasteiger partial charge in [0.15, 0.2) is 11.5 Å². The first-order chi connectivity index (χ1) is 8.08. The third-order valence-electron chi connectivity index (χ3n) is 2.52.